The predicted molar refractivity (Wildman–Crippen MR) is 89.7 cm³/mol. The number of hydrogen-bond acceptors (Lipinski definition) is 2. The zero-order valence-electron chi connectivity index (χ0n) is 11.7. The Morgan fingerprint density at radius 1 is 1.10 bits per heavy atom. The van der Waals surface area contributed by atoms with Crippen LogP contribution in [0.15, 0.2) is 66.0 Å². The molecule has 0 atom stereocenters. The van der Waals surface area contributed by atoms with Gasteiger partial charge < -0.3 is 4.57 Å². The molecule has 0 aliphatic carbocycles. The van der Waals surface area contributed by atoms with Crippen LogP contribution < -0.4 is 0 Å². The molecule has 21 heavy (non-hydrogen) atoms. The highest BCUT2D eigenvalue weighted by Gasteiger charge is 2.09. The molecule has 0 saturated carbocycles. The summed E-state index contributed by atoms with van der Waals surface area (Å²) in [6, 6.07) is 18.3. The van der Waals surface area contributed by atoms with Crippen molar-refractivity contribution >= 4 is 23.4 Å². The molecule has 0 radical (unpaired) electrons. The van der Waals surface area contributed by atoms with E-state index in [1.54, 1.807) is 11.8 Å². The molecule has 2 aromatic carbocycles. The summed E-state index contributed by atoms with van der Waals surface area (Å²) < 4.78 is 2.13. The third-order valence-corrected chi connectivity index (χ3v) is 4.62. The first-order valence-electron chi connectivity index (χ1n) is 6.68. The SMILES string of the molecule is Cn1c(-c2ccccc2)cnc1SCc1cccc(Cl)c1. The predicted octanol–water partition coefficient (Wildman–Crippen LogP) is 5.03. The lowest BCUT2D eigenvalue weighted by Gasteiger charge is -2.06. The van der Waals surface area contributed by atoms with Gasteiger partial charge in [-0.15, -0.1) is 0 Å². The first-order chi connectivity index (χ1) is 10.2. The van der Waals surface area contributed by atoms with Crippen LogP contribution in [0.4, 0.5) is 0 Å². The van der Waals surface area contributed by atoms with Gasteiger partial charge in [-0.05, 0) is 23.3 Å². The maximum Gasteiger partial charge on any atom is 0.168 e. The molecule has 3 aromatic rings. The molecular formula is C17H15ClN2S. The maximum atomic E-state index is 6.01. The van der Waals surface area contributed by atoms with Crippen LogP contribution in [0.2, 0.25) is 5.02 Å². The van der Waals surface area contributed by atoms with Gasteiger partial charge in [0.25, 0.3) is 0 Å². The molecule has 1 heterocycles. The second kappa shape index (κ2) is 6.37. The highest BCUT2D eigenvalue weighted by Crippen LogP contribution is 2.27. The van der Waals surface area contributed by atoms with E-state index in [-0.39, 0.29) is 0 Å². The van der Waals surface area contributed by atoms with Crippen molar-refractivity contribution in [2.24, 2.45) is 7.05 Å². The van der Waals surface area contributed by atoms with Crippen molar-refractivity contribution in [1.29, 1.82) is 0 Å². The van der Waals surface area contributed by atoms with Gasteiger partial charge in [-0.2, -0.15) is 0 Å². The van der Waals surface area contributed by atoms with Crippen molar-refractivity contribution in [2.45, 2.75) is 10.9 Å². The van der Waals surface area contributed by atoms with Gasteiger partial charge in [0.1, 0.15) is 0 Å². The van der Waals surface area contributed by atoms with Crippen molar-refractivity contribution in [3.8, 4) is 11.3 Å². The largest absolute Gasteiger partial charge is 0.322 e. The topological polar surface area (TPSA) is 17.8 Å². The third-order valence-electron chi connectivity index (χ3n) is 3.27. The van der Waals surface area contributed by atoms with E-state index >= 15 is 0 Å². The molecule has 1 aromatic heterocycles. The zero-order valence-corrected chi connectivity index (χ0v) is 13.2. The van der Waals surface area contributed by atoms with E-state index in [4.69, 9.17) is 11.6 Å². The van der Waals surface area contributed by atoms with Crippen molar-refractivity contribution < 1.29 is 0 Å². The van der Waals surface area contributed by atoms with Crippen LogP contribution >= 0.6 is 23.4 Å². The Labute approximate surface area is 133 Å². The molecule has 0 spiro atoms. The lowest BCUT2D eigenvalue weighted by atomic mass is 10.2. The van der Waals surface area contributed by atoms with Crippen LogP contribution in [0.5, 0.6) is 0 Å². The minimum Gasteiger partial charge on any atom is -0.322 e. The van der Waals surface area contributed by atoms with Crippen LogP contribution in [-0.4, -0.2) is 9.55 Å². The highest BCUT2D eigenvalue weighted by atomic mass is 35.5. The number of halogens is 1. The van der Waals surface area contributed by atoms with E-state index < -0.39 is 0 Å². The Hall–Kier alpha value is -1.71. The fourth-order valence-corrected chi connectivity index (χ4v) is 3.29. The average molecular weight is 315 g/mol. The van der Waals surface area contributed by atoms with E-state index in [0.717, 1.165) is 21.6 Å². The number of benzene rings is 2. The first kappa shape index (κ1) is 14.2. The molecule has 0 aliphatic heterocycles. The number of hydrogen-bond donors (Lipinski definition) is 0. The monoisotopic (exact) mass is 314 g/mol. The molecule has 2 nitrogen and oxygen atoms in total. The Kier molecular flexibility index (Phi) is 4.32. The molecule has 0 amide bonds. The summed E-state index contributed by atoms with van der Waals surface area (Å²) in [5, 5.41) is 1.78. The van der Waals surface area contributed by atoms with Crippen molar-refractivity contribution in [1.82, 2.24) is 9.55 Å². The molecule has 0 unspecified atom stereocenters. The molecule has 0 fully saturated rings. The van der Waals surface area contributed by atoms with Crippen molar-refractivity contribution in [3.63, 3.8) is 0 Å². The van der Waals surface area contributed by atoms with Gasteiger partial charge in [0.05, 0.1) is 11.9 Å². The lowest BCUT2D eigenvalue weighted by molar-refractivity contribution is 0.796. The smallest absolute Gasteiger partial charge is 0.168 e. The summed E-state index contributed by atoms with van der Waals surface area (Å²) >= 11 is 7.73. The van der Waals surface area contributed by atoms with Gasteiger partial charge in [-0.3, -0.25) is 0 Å². The number of aromatic nitrogens is 2. The number of nitrogens with zero attached hydrogens (tertiary/aromatic N) is 2. The van der Waals surface area contributed by atoms with Gasteiger partial charge in [0, 0.05) is 17.8 Å². The summed E-state index contributed by atoms with van der Waals surface area (Å²) in [7, 11) is 2.05. The van der Waals surface area contributed by atoms with Crippen LogP contribution in [-0.2, 0) is 12.8 Å². The van der Waals surface area contributed by atoms with Crippen LogP contribution in [0, 0.1) is 0 Å². The number of imidazole rings is 1. The molecule has 0 bridgehead atoms. The molecule has 4 heteroatoms. The van der Waals surface area contributed by atoms with E-state index in [1.807, 2.05) is 42.6 Å². The van der Waals surface area contributed by atoms with E-state index in [1.165, 1.54) is 11.1 Å². The highest BCUT2D eigenvalue weighted by molar-refractivity contribution is 7.98. The number of rotatable bonds is 4. The quantitative estimate of drug-likeness (QED) is 0.628. The van der Waals surface area contributed by atoms with Crippen LogP contribution in [0.25, 0.3) is 11.3 Å². The normalized spacial score (nSPS) is 10.8. The molecule has 106 valence electrons. The van der Waals surface area contributed by atoms with Gasteiger partial charge >= 0.3 is 0 Å². The van der Waals surface area contributed by atoms with E-state index in [0.29, 0.717) is 0 Å². The fraction of sp³-hybridized carbons (Fsp3) is 0.118. The molecule has 3 rings (SSSR count). The van der Waals surface area contributed by atoms with Gasteiger partial charge in [0.15, 0.2) is 5.16 Å². The third kappa shape index (κ3) is 3.31. The minimum atomic E-state index is 0.776. The summed E-state index contributed by atoms with van der Waals surface area (Å²) in [6.45, 7) is 0. The first-order valence-corrected chi connectivity index (χ1v) is 8.05. The summed E-state index contributed by atoms with van der Waals surface area (Å²) in [6.07, 6.45) is 1.93. The molecular weight excluding hydrogens is 300 g/mol. The van der Waals surface area contributed by atoms with Crippen molar-refractivity contribution in [3.05, 3.63) is 71.4 Å². The van der Waals surface area contributed by atoms with Gasteiger partial charge in [0.2, 0.25) is 0 Å². The van der Waals surface area contributed by atoms with Crippen LogP contribution in [0.3, 0.4) is 0 Å². The lowest BCUT2D eigenvalue weighted by Crippen LogP contribution is -1.94. The fourth-order valence-electron chi connectivity index (χ4n) is 2.18. The minimum absolute atomic E-state index is 0.776. The average Bonchev–Trinajstić information content (AvgIpc) is 2.87. The second-order valence-corrected chi connectivity index (χ2v) is 6.15. The zero-order chi connectivity index (χ0) is 14.7. The Morgan fingerprint density at radius 3 is 2.67 bits per heavy atom. The Bertz CT molecular complexity index is 738. The van der Waals surface area contributed by atoms with Gasteiger partial charge in [-0.25, -0.2) is 4.98 Å². The van der Waals surface area contributed by atoms with E-state index in [9.17, 15) is 0 Å². The molecule has 0 N–H and O–H groups in total. The second-order valence-electron chi connectivity index (χ2n) is 4.77. The van der Waals surface area contributed by atoms with Gasteiger partial charge in [-0.1, -0.05) is 65.8 Å². The van der Waals surface area contributed by atoms with E-state index in [2.05, 4.69) is 34.8 Å². The number of thioether (sulfide) groups is 1. The van der Waals surface area contributed by atoms with Crippen molar-refractivity contribution in [2.75, 3.05) is 0 Å². The Morgan fingerprint density at radius 2 is 1.90 bits per heavy atom. The van der Waals surface area contributed by atoms with Crippen LogP contribution in [0.1, 0.15) is 5.56 Å². The molecule has 0 saturated heterocycles. The standard InChI is InChI=1S/C17H15ClN2S/c1-20-16(14-7-3-2-4-8-14)11-19-17(20)21-12-13-6-5-9-15(18)10-13/h2-11H,12H2,1H3. The Balaban J connectivity index is 1.77. The summed E-state index contributed by atoms with van der Waals surface area (Å²) in [5.74, 6) is 0.861. The summed E-state index contributed by atoms with van der Waals surface area (Å²) in [4.78, 5) is 4.52. The maximum absolute atomic E-state index is 6.01. The molecule has 0 aliphatic rings. The summed E-state index contributed by atoms with van der Waals surface area (Å²) in [5.41, 5.74) is 3.52.